The number of benzene rings is 1. The minimum atomic E-state index is -1.32. The Morgan fingerprint density at radius 2 is 2.08 bits per heavy atom. The quantitative estimate of drug-likeness (QED) is 0.675. The topological polar surface area (TPSA) is 84.2 Å². The molecule has 0 saturated heterocycles. The van der Waals surface area contributed by atoms with Gasteiger partial charge in [0.05, 0.1) is 30.3 Å². The molecule has 2 heterocycles. The first kappa shape index (κ1) is 17.2. The van der Waals surface area contributed by atoms with Gasteiger partial charge in [-0.3, -0.25) is 9.36 Å². The van der Waals surface area contributed by atoms with Crippen LogP contribution in [0.3, 0.4) is 0 Å². The minimum absolute atomic E-state index is 0.385. The van der Waals surface area contributed by atoms with E-state index >= 15 is 0 Å². The molecule has 25 heavy (non-hydrogen) atoms. The van der Waals surface area contributed by atoms with Gasteiger partial charge in [0.2, 0.25) is 0 Å². The van der Waals surface area contributed by atoms with Gasteiger partial charge >= 0.3 is 0 Å². The minimum Gasteiger partial charge on any atom is -0.548 e. The van der Waals surface area contributed by atoms with E-state index in [1.807, 2.05) is 36.6 Å². The van der Waals surface area contributed by atoms with Crippen molar-refractivity contribution in [2.75, 3.05) is 6.61 Å². The maximum atomic E-state index is 12.8. The van der Waals surface area contributed by atoms with E-state index in [4.69, 9.17) is 4.74 Å². The summed E-state index contributed by atoms with van der Waals surface area (Å²) in [6.45, 7) is 4.09. The van der Waals surface area contributed by atoms with Crippen LogP contribution >= 0.6 is 11.3 Å². The van der Waals surface area contributed by atoms with Crippen molar-refractivity contribution in [3.63, 3.8) is 0 Å². The van der Waals surface area contributed by atoms with Crippen molar-refractivity contribution in [2.24, 2.45) is 0 Å². The maximum absolute atomic E-state index is 12.8. The van der Waals surface area contributed by atoms with Crippen LogP contribution in [-0.4, -0.2) is 22.1 Å². The molecule has 0 radical (unpaired) electrons. The highest BCUT2D eigenvalue weighted by molar-refractivity contribution is 7.17. The van der Waals surface area contributed by atoms with Crippen molar-refractivity contribution in [1.29, 1.82) is 0 Å². The fraction of sp³-hybridized carbons (Fsp3) is 0.278. The van der Waals surface area contributed by atoms with Gasteiger partial charge in [-0.1, -0.05) is 19.1 Å². The lowest BCUT2D eigenvalue weighted by Gasteiger charge is -2.15. The van der Waals surface area contributed by atoms with E-state index in [0.29, 0.717) is 16.8 Å². The summed E-state index contributed by atoms with van der Waals surface area (Å²) in [5.74, 6) is -0.552. The number of aliphatic carboxylic acids is 1. The van der Waals surface area contributed by atoms with Crippen LogP contribution < -0.4 is 15.4 Å². The number of ether oxygens (including phenoxy) is 1. The van der Waals surface area contributed by atoms with Crippen molar-refractivity contribution >= 4 is 27.5 Å². The number of carboxylic acid groups (broad SMARTS) is 1. The molecule has 6 nitrogen and oxygen atoms in total. The molecule has 0 aliphatic carbocycles. The summed E-state index contributed by atoms with van der Waals surface area (Å²) in [6.07, 6.45) is 2.19. The summed E-state index contributed by atoms with van der Waals surface area (Å²) in [5.41, 5.74) is 1.21. The molecule has 130 valence electrons. The van der Waals surface area contributed by atoms with Crippen LogP contribution in [0, 0.1) is 0 Å². The van der Waals surface area contributed by atoms with E-state index in [0.717, 1.165) is 27.9 Å². The van der Waals surface area contributed by atoms with Gasteiger partial charge in [-0.15, -0.1) is 11.3 Å². The molecule has 0 fully saturated rings. The number of aromatic nitrogens is 2. The molecule has 0 saturated carbocycles. The summed E-state index contributed by atoms with van der Waals surface area (Å²) >= 11 is 1.35. The van der Waals surface area contributed by atoms with Crippen LogP contribution in [0.15, 0.2) is 40.8 Å². The third kappa shape index (κ3) is 3.28. The zero-order chi connectivity index (χ0) is 18.0. The molecule has 0 aliphatic rings. The molecule has 1 atom stereocenters. The molecular weight excluding hydrogens is 340 g/mol. The number of carboxylic acids is 1. The van der Waals surface area contributed by atoms with Gasteiger partial charge in [0.15, 0.2) is 0 Å². The average molecular weight is 357 g/mol. The van der Waals surface area contributed by atoms with Crippen molar-refractivity contribution in [2.45, 2.75) is 26.3 Å². The predicted octanol–water partition coefficient (Wildman–Crippen LogP) is 2.22. The normalized spacial score (nSPS) is 12.2. The number of rotatable bonds is 6. The van der Waals surface area contributed by atoms with Crippen LogP contribution in [0.5, 0.6) is 5.75 Å². The molecule has 7 heteroatoms. The Balaban J connectivity index is 2.06. The van der Waals surface area contributed by atoms with Crippen LogP contribution in [0.1, 0.15) is 26.3 Å². The summed E-state index contributed by atoms with van der Waals surface area (Å²) < 4.78 is 6.66. The molecule has 0 N–H and O–H groups in total. The Hall–Kier alpha value is -2.67. The molecule has 0 aliphatic heterocycles. The standard InChI is InChI=1S/C18H18N2O4S/c1-3-8-24-13-6-4-12(5-7-13)14-9-25-16-15(14)17(21)20(10-19-16)11(2)18(22)23/h4-7,9-11H,3,8H2,1-2H3,(H,22,23)/p-1/t11-/m1/s1. The largest absolute Gasteiger partial charge is 0.548 e. The Morgan fingerprint density at radius 3 is 2.72 bits per heavy atom. The van der Waals surface area contributed by atoms with E-state index in [1.165, 1.54) is 24.6 Å². The third-order valence-electron chi connectivity index (χ3n) is 3.92. The highest BCUT2D eigenvalue weighted by atomic mass is 32.1. The van der Waals surface area contributed by atoms with E-state index in [2.05, 4.69) is 4.98 Å². The zero-order valence-corrected chi connectivity index (χ0v) is 14.7. The van der Waals surface area contributed by atoms with Crippen molar-refractivity contribution in [1.82, 2.24) is 9.55 Å². The van der Waals surface area contributed by atoms with Gasteiger partial charge < -0.3 is 14.6 Å². The van der Waals surface area contributed by atoms with Crippen LogP contribution in [-0.2, 0) is 4.79 Å². The van der Waals surface area contributed by atoms with Gasteiger partial charge in [-0.05, 0) is 31.0 Å². The van der Waals surface area contributed by atoms with Gasteiger partial charge in [-0.2, -0.15) is 0 Å². The first-order valence-electron chi connectivity index (χ1n) is 7.95. The van der Waals surface area contributed by atoms with E-state index < -0.39 is 12.0 Å². The van der Waals surface area contributed by atoms with Gasteiger partial charge in [-0.25, -0.2) is 4.98 Å². The fourth-order valence-corrected chi connectivity index (χ4v) is 3.40. The first-order valence-corrected chi connectivity index (χ1v) is 8.83. The van der Waals surface area contributed by atoms with Gasteiger partial charge in [0, 0.05) is 10.9 Å². The van der Waals surface area contributed by atoms with E-state index in [9.17, 15) is 14.7 Å². The lowest BCUT2D eigenvalue weighted by molar-refractivity contribution is -0.309. The van der Waals surface area contributed by atoms with Crippen LogP contribution in [0.25, 0.3) is 21.3 Å². The van der Waals surface area contributed by atoms with Crippen molar-refractivity contribution in [3.05, 3.63) is 46.3 Å². The molecule has 0 unspecified atom stereocenters. The predicted molar refractivity (Wildman–Crippen MR) is 94.8 cm³/mol. The number of fused-ring (bicyclic) bond motifs is 1. The zero-order valence-electron chi connectivity index (χ0n) is 13.9. The lowest BCUT2D eigenvalue weighted by atomic mass is 10.1. The molecule has 0 amide bonds. The highest BCUT2D eigenvalue weighted by Gasteiger charge is 2.16. The molecular formula is C18H17N2O4S-. The van der Waals surface area contributed by atoms with Crippen LogP contribution in [0.4, 0.5) is 0 Å². The number of carbonyl (C=O) groups excluding carboxylic acids is 1. The number of hydrogen-bond donors (Lipinski definition) is 0. The summed E-state index contributed by atoms with van der Waals surface area (Å²) in [7, 11) is 0. The fourth-order valence-electron chi connectivity index (χ4n) is 2.50. The van der Waals surface area contributed by atoms with Crippen molar-refractivity contribution in [3.8, 4) is 16.9 Å². The smallest absolute Gasteiger partial charge is 0.263 e. The monoisotopic (exact) mass is 357 g/mol. The summed E-state index contributed by atoms with van der Waals surface area (Å²) in [6, 6.07) is 6.39. The van der Waals surface area contributed by atoms with Gasteiger partial charge in [0.1, 0.15) is 10.6 Å². The number of thiophene rings is 1. The SMILES string of the molecule is CCCOc1ccc(-c2csc3ncn([C@H](C)C(=O)[O-])c(=O)c23)cc1. The Kier molecular flexibility index (Phi) is 4.85. The molecule has 2 aromatic heterocycles. The molecule has 0 bridgehead atoms. The van der Waals surface area contributed by atoms with Crippen molar-refractivity contribution < 1.29 is 14.6 Å². The molecule has 0 spiro atoms. The molecule has 3 aromatic rings. The van der Waals surface area contributed by atoms with Crippen LogP contribution in [0.2, 0.25) is 0 Å². The van der Waals surface area contributed by atoms with E-state index in [1.54, 1.807) is 0 Å². The number of hydrogen-bond acceptors (Lipinski definition) is 6. The Labute approximate surface area is 148 Å². The Bertz CT molecular complexity index is 959. The number of carbonyl (C=O) groups is 1. The highest BCUT2D eigenvalue weighted by Crippen LogP contribution is 2.31. The second kappa shape index (κ2) is 7.06. The number of nitrogens with zero attached hydrogens (tertiary/aromatic N) is 2. The van der Waals surface area contributed by atoms with Gasteiger partial charge in [0.25, 0.3) is 5.56 Å². The summed E-state index contributed by atoms with van der Waals surface area (Å²) in [5, 5.41) is 13.4. The lowest BCUT2D eigenvalue weighted by Crippen LogP contribution is -2.36. The van der Waals surface area contributed by atoms with E-state index in [-0.39, 0.29) is 5.56 Å². The third-order valence-corrected chi connectivity index (χ3v) is 4.80. The maximum Gasteiger partial charge on any atom is 0.263 e. The first-order chi connectivity index (χ1) is 12.0. The summed E-state index contributed by atoms with van der Waals surface area (Å²) in [4.78, 5) is 28.6. The molecule has 3 rings (SSSR count). The average Bonchev–Trinajstić information content (AvgIpc) is 3.05. The Morgan fingerprint density at radius 1 is 1.36 bits per heavy atom. The second-order valence-corrected chi connectivity index (χ2v) is 6.51. The second-order valence-electron chi connectivity index (χ2n) is 5.65. The molecule has 1 aromatic carbocycles.